The third-order valence-corrected chi connectivity index (χ3v) is 10.0. The predicted octanol–water partition coefficient (Wildman–Crippen LogP) is 7.43. The molecule has 2 N–H and O–H groups in total. The first-order valence-electron chi connectivity index (χ1n) is 21.5. The molecule has 2 aromatic carbocycles. The van der Waals surface area contributed by atoms with Gasteiger partial charge in [-0.25, -0.2) is 0 Å². The molecule has 14 heteroatoms. The lowest BCUT2D eigenvalue weighted by atomic mass is 9.78. The van der Waals surface area contributed by atoms with Gasteiger partial charge in [0, 0.05) is 62.6 Å². The van der Waals surface area contributed by atoms with E-state index in [-0.39, 0.29) is 47.9 Å². The third kappa shape index (κ3) is 13.9. The molecule has 0 saturated heterocycles. The zero-order valence-electron chi connectivity index (χ0n) is 39.9. The molecule has 0 aliphatic carbocycles. The van der Waals surface area contributed by atoms with Crippen molar-refractivity contribution in [2.24, 2.45) is 33.5 Å². The first kappa shape index (κ1) is 50.5. The molecule has 0 radical (unpaired) electrons. The number of ether oxygens (including phenoxy) is 4. The average Bonchev–Trinajstić information content (AvgIpc) is 3.18. The summed E-state index contributed by atoms with van der Waals surface area (Å²) in [4.78, 5) is 82.6. The molecule has 0 saturated carbocycles. The molecule has 4 rings (SSSR count). The fourth-order valence-corrected chi connectivity index (χ4v) is 6.01. The van der Waals surface area contributed by atoms with Gasteiger partial charge in [0.2, 0.25) is 11.8 Å². The normalized spacial score (nSPS) is 16.6. The summed E-state index contributed by atoms with van der Waals surface area (Å²) < 4.78 is 22.7. The van der Waals surface area contributed by atoms with Crippen molar-refractivity contribution in [3.8, 4) is 23.0 Å². The Bertz CT molecular complexity index is 2080. The molecule has 0 bridgehead atoms. The average molecular weight is 883 g/mol. The second-order valence-electron chi connectivity index (χ2n) is 20.4. The zero-order chi connectivity index (χ0) is 47.9. The summed E-state index contributed by atoms with van der Waals surface area (Å²) in [6.07, 6.45) is 11.7. The van der Waals surface area contributed by atoms with Gasteiger partial charge in [-0.2, -0.15) is 0 Å². The molecule has 0 aromatic heterocycles. The molecule has 64 heavy (non-hydrogen) atoms. The number of carbonyl (C=O) groups is 6. The largest absolute Gasteiger partial charge is 0.422 e. The molecule has 2 atom stereocenters. The van der Waals surface area contributed by atoms with E-state index >= 15 is 0 Å². The van der Waals surface area contributed by atoms with E-state index in [2.05, 4.69) is 10.6 Å². The Kier molecular flexibility index (Phi) is 15.9. The van der Waals surface area contributed by atoms with Crippen molar-refractivity contribution in [1.29, 1.82) is 0 Å². The Balaban J connectivity index is 1.47. The molecule has 2 aliphatic heterocycles. The van der Waals surface area contributed by atoms with Crippen LogP contribution in [0.5, 0.6) is 23.0 Å². The van der Waals surface area contributed by atoms with Crippen LogP contribution in [0.2, 0.25) is 0 Å². The maximum absolute atomic E-state index is 13.9. The van der Waals surface area contributed by atoms with Crippen LogP contribution in [0.25, 0.3) is 0 Å². The zero-order valence-corrected chi connectivity index (χ0v) is 39.9. The van der Waals surface area contributed by atoms with E-state index in [1.165, 1.54) is 0 Å². The summed E-state index contributed by atoms with van der Waals surface area (Å²) in [6.45, 7) is 21.2. The number of hydrogen-bond acceptors (Lipinski definition) is 12. The lowest BCUT2D eigenvalue weighted by molar-refractivity contribution is -0.145. The maximum Gasteiger partial charge on any atom is 0.316 e. The van der Waals surface area contributed by atoms with Gasteiger partial charge < -0.3 is 39.4 Å². The highest BCUT2D eigenvalue weighted by atomic mass is 16.6. The summed E-state index contributed by atoms with van der Waals surface area (Å²) in [5, 5.41) is 6.04. The van der Waals surface area contributed by atoms with Gasteiger partial charge >= 0.3 is 23.9 Å². The number of benzene rings is 2. The number of amides is 2. The molecule has 346 valence electrons. The number of nitrogens with one attached hydrogen (secondary N) is 2. The first-order chi connectivity index (χ1) is 29.5. The Morgan fingerprint density at radius 2 is 0.781 bits per heavy atom. The van der Waals surface area contributed by atoms with Gasteiger partial charge in [0.05, 0.1) is 21.7 Å². The molecular formula is C50H66N4O10. The number of nitrogens with zero attached hydrogens (tertiary/aromatic N) is 2. The van der Waals surface area contributed by atoms with E-state index in [9.17, 15) is 28.8 Å². The Morgan fingerprint density at radius 1 is 0.484 bits per heavy atom. The monoisotopic (exact) mass is 882 g/mol. The Hall–Kier alpha value is -6.18. The Morgan fingerprint density at radius 3 is 1.08 bits per heavy atom. The number of esters is 4. The van der Waals surface area contributed by atoms with Crippen molar-refractivity contribution in [3.05, 3.63) is 95.6 Å². The highest BCUT2D eigenvalue weighted by Gasteiger charge is 2.35. The highest BCUT2D eigenvalue weighted by molar-refractivity contribution is 5.97. The second kappa shape index (κ2) is 20.1. The van der Waals surface area contributed by atoms with Crippen LogP contribution in [0.4, 0.5) is 0 Å². The van der Waals surface area contributed by atoms with Crippen LogP contribution in [0.15, 0.2) is 84.5 Å². The molecule has 14 nitrogen and oxygen atoms in total. The summed E-state index contributed by atoms with van der Waals surface area (Å²) >= 11 is 0. The van der Waals surface area contributed by atoms with Crippen LogP contribution >= 0.6 is 0 Å². The maximum atomic E-state index is 13.9. The molecule has 0 spiro atoms. The van der Waals surface area contributed by atoms with E-state index in [0.29, 0.717) is 24.0 Å². The van der Waals surface area contributed by atoms with Crippen molar-refractivity contribution < 1.29 is 47.7 Å². The van der Waals surface area contributed by atoms with E-state index in [0.717, 1.165) is 11.1 Å². The van der Waals surface area contributed by atoms with Gasteiger partial charge in [0.1, 0.15) is 0 Å². The van der Waals surface area contributed by atoms with Gasteiger partial charge in [-0.1, -0.05) is 24.3 Å². The van der Waals surface area contributed by atoms with Gasteiger partial charge in [0.15, 0.2) is 23.0 Å². The van der Waals surface area contributed by atoms with Crippen molar-refractivity contribution in [1.82, 2.24) is 20.4 Å². The lowest BCUT2D eigenvalue weighted by Crippen LogP contribution is -2.38. The topological polar surface area (TPSA) is 170 Å². The number of carbonyl (C=O) groups excluding carboxylic acids is 6. The minimum absolute atomic E-state index is 0.109. The Labute approximate surface area is 378 Å². The van der Waals surface area contributed by atoms with Gasteiger partial charge in [0.25, 0.3) is 0 Å². The van der Waals surface area contributed by atoms with Crippen molar-refractivity contribution >= 4 is 35.7 Å². The molecule has 2 aromatic rings. The van der Waals surface area contributed by atoms with Crippen LogP contribution in [-0.4, -0.2) is 72.7 Å². The minimum atomic E-state index is -0.811. The smallest absolute Gasteiger partial charge is 0.316 e. The predicted molar refractivity (Wildman–Crippen MR) is 244 cm³/mol. The van der Waals surface area contributed by atoms with Crippen LogP contribution in [0, 0.1) is 33.5 Å². The van der Waals surface area contributed by atoms with Gasteiger partial charge in [-0.3, -0.25) is 28.8 Å². The highest BCUT2D eigenvalue weighted by Crippen LogP contribution is 2.37. The molecular weight excluding hydrogens is 817 g/mol. The quantitative estimate of drug-likeness (QED) is 0.151. The fraction of sp³-hybridized carbons (Fsp3) is 0.480. The third-order valence-electron chi connectivity index (χ3n) is 10.0. The summed E-state index contributed by atoms with van der Waals surface area (Å²) in [5.41, 5.74) is -0.811. The number of rotatable bonds is 13. The number of hydrogen-bond donors (Lipinski definition) is 2. The summed E-state index contributed by atoms with van der Waals surface area (Å²) in [6, 6.07) is 9.96. The van der Waals surface area contributed by atoms with Crippen molar-refractivity contribution in [2.75, 3.05) is 27.2 Å². The van der Waals surface area contributed by atoms with Crippen molar-refractivity contribution in [3.63, 3.8) is 0 Å². The van der Waals surface area contributed by atoms with E-state index < -0.39 is 57.4 Å². The van der Waals surface area contributed by atoms with Crippen LogP contribution in [0.1, 0.15) is 94.2 Å². The molecule has 0 fully saturated rings. The van der Waals surface area contributed by atoms with E-state index in [4.69, 9.17) is 18.9 Å². The van der Waals surface area contributed by atoms with Crippen LogP contribution in [0.3, 0.4) is 0 Å². The lowest BCUT2D eigenvalue weighted by Gasteiger charge is -2.32. The first-order valence-corrected chi connectivity index (χ1v) is 21.5. The van der Waals surface area contributed by atoms with E-state index in [1.54, 1.807) is 142 Å². The molecule has 2 aliphatic rings. The minimum Gasteiger partial charge on any atom is -0.422 e. The molecule has 2 unspecified atom stereocenters. The summed E-state index contributed by atoms with van der Waals surface area (Å²) in [7, 11) is 3.64. The SMILES string of the molecule is CN1C=CC(C2C=CN(C)C=C2C(=O)NCCc2ccc(OC(=O)C(C)(C)C)c(OC(=O)C(C)(C)C)c2)C(C(=O)NCCc2ccc(OC(=O)C(C)(C)C)c(OC(=O)C(C)(C)C)c2)=C1. The molecule has 2 amide bonds. The van der Waals surface area contributed by atoms with Crippen molar-refractivity contribution in [2.45, 2.75) is 95.9 Å². The second-order valence-corrected chi connectivity index (χ2v) is 20.4. The van der Waals surface area contributed by atoms with Gasteiger partial charge in [-0.05, 0) is 144 Å². The standard InChI is InChI=1S/C50H66N4O10/c1-47(2,3)43(57)61-37-17-15-31(27-39(37)63-45(59)49(7,8)9)19-23-51-41(55)35-29-53(13)25-21-33(35)34-22-26-54(14)30-36(34)42(56)52-24-20-32-16-18-38(62-44(58)48(4,5)6)40(28-32)64-46(60)50(10,11)12/h15-18,21-22,25-30,33-34H,19-20,23-24H2,1-14H3,(H,51,55)(H,52,56). The van der Waals surface area contributed by atoms with Crippen LogP contribution in [-0.2, 0) is 41.6 Å². The van der Waals surface area contributed by atoms with Crippen LogP contribution < -0.4 is 29.6 Å². The summed E-state index contributed by atoms with van der Waals surface area (Å²) in [5.74, 6) is -3.09. The van der Waals surface area contributed by atoms with E-state index in [1.807, 2.05) is 38.6 Å². The molecule has 2 heterocycles. The number of allylic oxidation sites excluding steroid dienone is 2. The van der Waals surface area contributed by atoms with Gasteiger partial charge in [-0.15, -0.1) is 0 Å². The fourth-order valence-electron chi connectivity index (χ4n) is 6.01.